The zero-order valence-corrected chi connectivity index (χ0v) is 18.6. The number of aryl methyl sites for hydroxylation is 2. The monoisotopic (exact) mass is 424 g/mol. The number of carbonyl (C=O) groups excluding carboxylic acids is 1. The van der Waals surface area contributed by atoms with Gasteiger partial charge in [0, 0.05) is 31.2 Å². The Hall–Kier alpha value is -2.70. The van der Waals surface area contributed by atoms with Gasteiger partial charge in [0.15, 0.2) is 0 Å². The summed E-state index contributed by atoms with van der Waals surface area (Å²) in [5, 5.41) is 2.90. The Morgan fingerprint density at radius 1 is 1.13 bits per heavy atom. The number of hydrogen-bond acceptors (Lipinski definition) is 5. The van der Waals surface area contributed by atoms with Crippen LogP contribution in [0.3, 0.4) is 0 Å². The first-order chi connectivity index (χ1) is 14.6. The van der Waals surface area contributed by atoms with Gasteiger partial charge >= 0.3 is 0 Å². The van der Waals surface area contributed by atoms with E-state index in [1.807, 2.05) is 72.7 Å². The first kappa shape index (κ1) is 22.0. The molecule has 1 aromatic heterocycles. The fraction of sp³-hybridized carbons (Fsp3) is 0.333. The summed E-state index contributed by atoms with van der Waals surface area (Å²) in [6, 6.07) is 15.7. The summed E-state index contributed by atoms with van der Waals surface area (Å²) in [6.45, 7) is 6.13. The molecule has 2 aromatic carbocycles. The van der Waals surface area contributed by atoms with Gasteiger partial charge in [-0.25, -0.2) is 4.98 Å². The molecule has 0 atom stereocenters. The first-order valence-electron chi connectivity index (χ1n) is 10.0. The lowest BCUT2D eigenvalue weighted by molar-refractivity contribution is 0.0721. The molecule has 30 heavy (non-hydrogen) atoms. The summed E-state index contributed by atoms with van der Waals surface area (Å²) < 4.78 is 11.0. The van der Waals surface area contributed by atoms with Crippen molar-refractivity contribution in [1.29, 1.82) is 0 Å². The quantitative estimate of drug-likeness (QED) is 0.429. The van der Waals surface area contributed by atoms with Gasteiger partial charge < -0.3 is 14.4 Å². The van der Waals surface area contributed by atoms with Gasteiger partial charge in [0.05, 0.1) is 12.2 Å². The Bertz CT molecular complexity index is 970. The van der Waals surface area contributed by atoms with Crippen LogP contribution < -0.4 is 4.74 Å². The van der Waals surface area contributed by atoms with Gasteiger partial charge in [-0.3, -0.25) is 4.79 Å². The van der Waals surface area contributed by atoms with Gasteiger partial charge in [-0.15, -0.1) is 11.3 Å². The first-order valence-corrected chi connectivity index (χ1v) is 10.9. The molecule has 0 bridgehead atoms. The topological polar surface area (TPSA) is 51.7 Å². The minimum Gasteiger partial charge on any atom is -0.486 e. The van der Waals surface area contributed by atoms with Crippen molar-refractivity contribution >= 4 is 17.2 Å². The summed E-state index contributed by atoms with van der Waals surface area (Å²) >= 11 is 1.56. The number of methoxy groups -OCH3 is 1. The summed E-state index contributed by atoms with van der Waals surface area (Å²) in [4.78, 5) is 19.7. The normalized spacial score (nSPS) is 10.8. The summed E-state index contributed by atoms with van der Waals surface area (Å²) in [5.74, 6) is 0.859. The van der Waals surface area contributed by atoms with E-state index >= 15 is 0 Å². The minimum atomic E-state index is 0.0229. The van der Waals surface area contributed by atoms with E-state index in [2.05, 4.69) is 4.98 Å². The zero-order valence-electron chi connectivity index (χ0n) is 17.8. The van der Waals surface area contributed by atoms with Crippen LogP contribution in [0.25, 0.3) is 0 Å². The molecule has 0 saturated carbocycles. The third kappa shape index (κ3) is 6.15. The molecule has 3 aromatic rings. The van der Waals surface area contributed by atoms with E-state index < -0.39 is 0 Å². The predicted molar refractivity (Wildman–Crippen MR) is 120 cm³/mol. The Kier molecular flexibility index (Phi) is 7.99. The molecule has 0 aliphatic heterocycles. The van der Waals surface area contributed by atoms with Crippen LogP contribution >= 0.6 is 11.3 Å². The van der Waals surface area contributed by atoms with Crippen molar-refractivity contribution in [2.45, 2.75) is 33.4 Å². The molecule has 3 rings (SSSR count). The molecule has 1 heterocycles. The van der Waals surface area contributed by atoms with Crippen LogP contribution in [0.15, 0.2) is 53.9 Å². The second-order valence-electron chi connectivity index (χ2n) is 7.23. The van der Waals surface area contributed by atoms with Gasteiger partial charge in [0.2, 0.25) is 0 Å². The number of aromatic nitrogens is 1. The van der Waals surface area contributed by atoms with Crippen molar-refractivity contribution < 1.29 is 14.3 Å². The van der Waals surface area contributed by atoms with Gasteiger partial charge in [-0.1, -0.05) is 30.3 Å². The van der Waals surface area contributed by atoms with Crippen LogP contribution in [0.4, 0.5) is 0 Å². The number of thiazole rings is 1. The lowest BCUT2D eigenvalue weighted by Gasteiger charge is -2.22. The molecule has 158 valence electrons. The molecule has 6 heteroatoms. The molecule has 5 nitrogen and oxygen atoms in total. The second kappa shape index (κ2) is 10.9. The van der Waals surface area contributed by atoms with Crippen molar-refractivity contribution in [2.75, 3.05) is 20.3 Å². The standard InChI is InChI=1S/C24H28N2O3S/c1-18-8-6-10-21(14-18)29-16-23-25-20(17-30-23)15-26(12-7-13-28-3)24(27)22-11-5-4-9-19(22)2/h4-6,8-11,14,17H,7,12-13,15-16H2,1-3H3. The Morgan fingerprint density at radius 3 is 2.73 bits per heavy atom. The molecular formula is C24H28N2O3S. The van der Waals surface area contributed by atoms with Crippen LogP contribution in [0.1, 0.15) is 38.6 Å². The maximum absolute atomic E-state index is 13.1. The molecule has 0 fully saturated rings. The average molecular weight is 425 g/mol. The van der Waals surface area contributed by atoms with E-state index in [-0.39, 0.29) is 5.91 Å². The van der Waals surface area contributed by atoms with Gasteiger partial charge in [0.25, 0.3) is 5.91 Å². The van der Waals surface area contributed by atoms with E-state index in [4.69, 9.17) is 9.47 Å². The molecular weight excluding hydrogens is 396 g/mol. The average Bonchev–Trinajstić information content (AvgIpc) is 3.19. The maximum atomic E-state index is 13.1. The van der Waals surface area contributed by atoms with Crippen molar-refractivity contribution in [2.24, 2.45) is 0 Å². The summed E-state index contributed by atoms with van der Waals surface area (Å²) in [6.07, 6.45) is 0.779. The highest BCUT2D eigenvalue weighted by molar-refractivity contribution is 7.09. The summed E-state index contributed by atoms with van der Waals surface area (Å²) in [5.41, 5.74) is 3.74. The van der Waals surface area contributed by atoms with E-state index in [9.17, 15) is 4.79 Å². The van der Waals surface area contributed by atoms with Crippen LogP contribution in [-0.4, -0.2) is 36.1 Å². The SMILES string of the molecule is COCCCN(Cc1csc(COc2cccc(C)c2)n1)C(=O)c1ccccc1C. The third-order valence-corrected chi connectivity index (χ3v) is 5.61. The Balaban J connectivity index is 1.66. The van der Waals surface area contributed by atoms with Crippen LogP contribution in [0.5, 0.6) is 5.75 Å². The Labute approximate surface area is 182 Å². The fourth-order valence-electron chi connectivity index (χ4n) is 3.17. The number of ether oxygens (including phenoxy) is 2. The highest BCUT2D eigenvalue weighted by Crippen LogP contribution is 2.19. The Morgan fingerprint density at radius 2 is 1.97 bits per heavy atom. The van der Waals surface area contributed by atoms with E-state index in [1.165, 1.54) is 0 Å². The highest BCUT2D eigenvalue weighted by atomic mass is 32.1. The van der Waals surface area contributed by atoms with Crippen molar-refractivity contribution in [3.05, 3.63) is 81.3 Å². The molecule has 0 spiro atoms. The number of nitrogens with zero attached hydrogens (tertiary/aromatic N) is 2. The van der Waals surface area contributed by atoms with Crippen LogP contribution in [0, 0.1) is 13.8 Å². The van der Waals surface area contributed by atoms with E-state index in [1.54, 1.807) is 18.4 Å². The minimum absolute atomic E-state index is 0.0229. The smallest absolute Gasteiger partial charge is 0.254 e. The number of rotatable bonds is 10. The molecule has 0 saturated heterocycles. The van der Waals surface area contributed by atoms with E-state index in [0.717, 1.165) is 39.6 Å². The van der Waals surface area contributed by atoms with Gasteiger partial charge in [-0.05, 0) is 49.6 Å². The number of benzene rings is 2. The molecule has 0 N–H and O–H groups in total. The summed E-state index contributed by atoms with van der Waals surface area (Å²) in [7, 11) is 1.68. The highest BCUT2D eigenvalue weighted by Gasteiger charge is 2.19. The fourth-order valence-corrected chi connectivity index (χ4v) is 3.87. The largest absolute Gasteiger partial charge is 0.486 e. The molecule has 1 amide bonds. The maximum Gasteiger partial charge on any atom is 0.254 e. The lowest BCUT2D eigenvalue weighted by atomic mass is 10.1. The molecule has 0 unspecified atom stereocenters. The van der Waals surface area contributed by atoms with Crippen molar-refractivity contribution in [3.63, 3.8) is 0 Å². The van der Waals surface area contributed by atoms with Crippen LogP contribution in [-0.2, 0) is 17.9 Å². The second-order valence-corrected chi connectivity index (χ2v) is 8.17. The number of hydrogen-bond donors (Lipinski definition) is 0. The van der Waals surface area contributed by atoms with Gasteiger partial charge in [-0.2, -0.15) is 0 Å². The van der Waals surface area contributed by atoms with E-state index in [0.29, 0.717) is 26.3 Å². The molecule has 0 aliphatic rings. The number of carbonyl (C=O) groups is 1. The number of amides is 1. The lowest BCUT2D eigenvalue weighted by Crippen LogP contribution is -2.32. The van der Waals surface area contributed by atoms with Crippen molar-refractivity contribution in [1.82, 2.24) is 9.88 Å². The third-order valence-electron chi connectivity index (χ3n) is 4.74. The predicted octanol–water partition coefficient (Wildman–Crippen LogP) is 5.02. The van der Waals surface area contributed by atoms with Gasteiger partial charge in [0.1, 0.15) is 17.4 Å². The van der Waals surface area contributed by atoms with Crippen molar-refractivity contribution in [3.8, 4) is 5.75 Å². The zero-order chi connectivity index (χ0) is 21.3. The molecule has 0 radical (unpaired) electrons. The molecule has 0 aliphatic carbocycles. The van der Waals surface area contributed by atoms with Crippen LogP contribution in [0.2, 0.25) is 0 Å².